The summed E-state index contributed by atoms with van der Waals surface area (Å²) in [7, 11) is 1.65. The van der Waals surface area contributed by atoms with E-state index in [1.165, 1.54) is 10.9 Å². The number of hydrogen-bond acceptors (Lipinski definition) is 7. The third kappa shape index (κ3) is 3.82. The smallest absolute Gasteiger partial charge is 0.256 e. The van der Waals surface area contributed by atoms with Crippen LogP contribution in [-0.4, -0.2) is 58.6 Å². The molecule has 152 valence electrons. The van der Waals surface area contributed by atoms with E-state index in [9.17, 15) is 9.59 Å². The predicted octanol–water partition coefficient (Wildman–Crippen LogP) is 1.83. The highest BCUT2D eigenvalue weighted by Crippen LogP contribution is 2.31. The molecule has 1 aliphatic rings. The van der Waals surface area contributed by atoms with Gasteiger partial charge in [0.1, 0.15) is 12.3 Å². The minimum Gasteiger partial charge on any atom is -0.497 e. The van der Waals surface area contributed by atoms with E-state index < -0.39 is 0 Å². The Morgan fingerprint density at radius 1 is 1.21 bits per heavy atom. The third-order valence-corrected chi connectivity index (χ3v) is 6.39. The van der Waals surface area contributed by atoms with Crippen LogP contribution in [0.5, 0.6) is 5.75 Å². The lowest BCUT2D eigenvalue weighted by Gasteiger charge is -2.34. The van der Waals surface area contributed by atoms with Crippen LogP contribution in [0.1, 0.15) is 11.3 Å². The molecule has 0 N–H and O–H groups in total. The van der Waals surface area contributed by atoms with Crippen molar-refractivity contribution >= 4 is 32.6 Å². The summed E-state index contributed by atoms with van der Waals surface area (Å²) in [5.74, 6) is 0.755. The van der Waals surface area contributed by atoms with Gasteiger partial charge in [-0.15, -0.1) is 0 Å². The number of carbonyl (C=O) groups is 1. The van der Waals surface area contributed by atoms with Gasteiger partial charge in [-0.05, 0) is 32.0 Å². The molecule has 4 rings (SSSR count). The molecule has 8 nitrogen and oxygen atoms in total. The molecule has 1 aromatic carbocycles. The maximum atomic E-state index is 12.7. The van der Waals surface area contributed by atoms with Crippen LogP contribution < -0.4 is 15.2 Å². The van der Waals surface area contributed by atoms with Crippen molar-refractivity contribution in [2.75, 3.05) is 38.2 Å². The largest absolute Gasteiger partial charge is 0.497 e. The first-order valence-electron chi connectivity index (χ1n) is 9.46. The molecule has 0 bridgehead atoms. The Kier molecular flexibility index (Phi) is 5.23. The first-order valence-corrected chi connectivity index (χ1v) is 10.3. The number of nitrogens with zero attached hydrogens (tertiary/aromatic N) is 5. The van der Waals surface area contributed by atoms with E-state index in [2.05, 4.69) is 9.88 Å². The molecular weight excluding hydrogens is 390 g/mol. The maximum absolute atomic E-state index is 12.7. The number of thiazole rings is 1. The number of methoxy groups -OCH3 is 1. The second-order valence-electron chi connectivity index (χ2n) is 7.09. The second kappa shape index (κ2) is 7.82. The Labute approximate surface area is 172 Å². The van der Waals surface area contributed by atoms with E-state index in [1.54, 1.807) is 37.2 Å². The molecule has 0 aliphatic carbocycles. The molecule has 3 heterocycles. The summed E-state index contributed by atoms with van der Waals surface area (Å²) < 4.78 is 7.75. The molecule has 1 saturated heterocycles. The number of fused-ring (bicyclic) bond motifs is 1. The van der Waals surface area contributed by atoms with Crippen LogP contribution in [0.4, 0.5) is 5.13 Å². The van der Waals surface area contributed by atoms with E-state index in [4.69, 9.17) is 9.72 Å². The van der Waals surface area contributed by atoms with Gasteiger partial charge < -0.3 is 14.5 Å². The number of ether oxygens (including phenoxy) is 1. The van der Waals surface area contributed by atoms with Gasteiger partial charge in [0.15, 0.2) is 5.13 Å². The third-order valence-electron chi connectivity index (χ3n) is 5.31. The molecule has 2 aromatic heterocycles. The monoisotopic (exact) mass is 413 g/mol. The number of carbonyl (C=O) groups excluding carboxylic acids is 1. The van der Waals surface area contributed by atoms with Gasteiger partial charge in [-0.25, -0.2) is 9.97 Å². The number of aryl methyl sites for hydroxylation is 1. The van der Waals surface area contributed by atoms with Crippen molar-refractivity contribution < 1.29 is 9.53 Å². The highest BCUT2D eigenvalue weighted by molar-refractivity contribution is 7.22. The average Bonchev–Trinajstić information content (AvgIpc) is 3.17. The lowest BCUT2D eigenvalue weighted by molar-refractivity contribution is -0.132. The molecule has 29 heavy (non-hydrogen) atoms. The summed E-state index contributed by atoms with van der Waals surface area (Å²) in [6, 6.07) is 5.86. The van der Waals surface area contributed by atoms with Crippen LogP contribution in [-0.2, 0) is 11.3 Å². The number of hydrogen-bond donors (Lipinski definition) is 0. The van der Waals surface area contributed by atoms with Gasteiger partial charge in [-0.2, -0.15) is 0 Å². The van der Waals surface area contributed by atoms with Crippen LogP contribution in [0.25, 0.3) is 10.2 Å². The summed E-state index contributed by atoms with van der Waals surface area (Å²) >= 11 is 1.63. The zero-order chi connectivity index (χ0) is 20.5. The molecule has 1 fully saturated rings. The summed E-state index contributed by atoms with van der Waals surface area (Å²) in [6.45, 7) is 6.17. The van der Waals surface area contributed by atoms with Gasteiger partial charge in [0.25, 0.3) is 5.56 Å². The first kappa shape index (κ1) is 19.4. The highest BCUT2D eigenvalue weighted by Gasteiger charge is 2.23. The van der Waals surface area contributed by atoms with Crippen molar-refractivity contribution in [1.82, 2.24) is 19.4 Å². The average molecular weight is 414 g/mol. The van der Waals surface area contributed by atoms with Gasteiger partial charge >= 0.3 is 0 Å². The maximum Gasteiger partial charge on any atom is 0.256 e. The van der Waals surface area contributed by atoms with E-state index in [-0.39, 0.29) is 18.0 Å². The van der Waals surface area contributed by atoms with Crippen molar-refractivity contribution in [3.8, 4) is 5.75 Å². The summed E-state index contributed by atoms with van der Waals surface area (Å²) in [5.41, 5.74) is 2.07. The van der Waals surface area contributed by atoms with Gasteiger partial charge in [-0.3, -0.25) is 14.2 Å². The van der Waals surface area contributed by atoms with Crippen LogP contribution in [0.3, 0.4) is 0 Å². The topological polar surface area (TPSA) is 80.6 Å². The zero-order valence-electron chi connectivity index (χ0n) is 16.7. The summed E-state index contributed by atoms with van der Waals surface area (Å²) in [6.07, 6.45) is 1.45. The number of aromatic nitrogens is 3. The van der Waals surface area contributed by atoms with E-state index >= 15 is 0 Å². The molecule has 1 aliphatic heterocycles. The van der Waals surface area contributed by atoms with Crippen LogP contribution in [0.15, 0.2) is 29.3 Å². The Bertz CT molecular complexity index is 1110. The molecule has 3 aromatic rings. The fraction of sp³-hybridized carbons (Fsp3) is 0.400. The Hall–Kier alpha value is -2.94. The van der Waals surface area contributed by atoms with E-state index in [0.717, 1.165) is 21.1 Å². The van der Waals surface area contributed by atoms with Crippen LogP contribution >= 0.6 is 11.3 Å². The van der Waals surface area contributed by atoms with Gasteiger partial charge in [0.05, 0.1) is 23.7 Å². The highest BCUT2D eigenvalue weighted by atomic mass is 32.1. The molecular formula is C20H23N5O3S. The van der Waals surface area contributed by atoms with E-state index in [1.807, 2.05) is 18.2 Å². The minimum absolute atomic E-state index is 0.0217. The molecule has 0 radical (unpaired) electrons. The number of benzene rings is 1. The van der Waals surface area contributed by atoms with Gasteiger partial charge in [0.2, 0.25) is 5.91 Å². The number of rotatable bonds is 4. The molecule has 1 amide bonds. The van der Waals surface area contributed by atoms with Crippen molar-refractivity contribution in [2.24, 2.45) is 0 Å². The van der Waals surface area contributed by atoms with Crippen molar-refractivity contribution in [3.63, 3.8) is 0 Å². The molecule has 0 saturated carbocycles. The van der Waals surface area contributed by atoms with Gasteiger partial charge in [0, 0.05) is 37.4 Å². The summed E-state index contributed by atoms with van der Waals surface area (Å²) in [5, 5.41) is 0.954. The SMILES string of the molecule is COc1ccc2nc(N3CCN(C(=O)Cn4cnc(C)c(C)c4=O)CC3)sc2c1. The van der Waals surface area contributed by atoms with Crippen molar-refractivity contribution in [3.05, 3.63) is 46.1 Å². The Balaban J connectivity index is 1.41. The molecule has 0 spiro atoms. The fourth-order valence-corrected chi connectivity index (χ4v) is 4.38. The van der Waals surface area contributed by atoms with E-state index in [0.29, 0.717) is 37.4 Å². The Morgan fingerprint density at radius 2 is 1.97 bits per heavy atom. The van der Waals surface area contributed by atoms with Crippen LogP contribution in [0.2, 0.25) is 0 Å². The van der Waals surface area contributed by atoms with Crippen LogP contribution in [0, 0.1) is 13.8 Å². The Morgan fingerprint density at radius 3 is 2.69 bits per heavy atom. The van der Waals surface area contributed by atoms with Crippen molar-refractivity contribution in [1.29, 1.82) is 0 Å². The fourth-order valence-electron chi connectivity index (χ4n) is 3.34. The normalized spacial score (nSPS) is 14.4. The number of anilines is 1. The standard InChI is InChI=1S/C20H23N5O3S/c1-13-14(2)21-12-25(19(13)27)11-18(26)23-6-8-24(9-7-23)20-22-16-5-4-15(28-3)10-17(16)29-20/h4-5,10,12H,6-9,11H2,1-3H3. The lowest BCUT2D eigenvalue weighted by atomic mass is 10.2. The number of amides is 1. The molecule has 0 unspecified atom stereocenters. The number of piperazine rings is 1. The van der Waals surface area contributed by atoms with Gasteiger partial charge in [-0.1, -0.05) is 11.3 Å². The quantitative estimate of drug-likeness (QED) is 0.649. The predicted molar refractivity (Wildman–Crippen MR) is 113 cm³/mol. The lowest BCUT2D eigenvalue weighted by Crippen LogP contribution is -2.50. The minimum atomic E-state index is -0.158. The second-order valence-corrected chi connectivity index (χ2v) is 8.10. The zero-order valence-corrected chi connectivity index (χ0v) is 17.5. The van der Waals surface area contributed by atoms with Crippen molar-refractivity contribution in [2.45, 2.75) is 20.4 Å². The summed E-state index contributed by atoms with van der Waals surface area (Å²) in [4.78, 5) is 37.9. The first-order chi connectivity index (χ1) is 14.0. The molecule has 9 heteroatoms. The molecule has 0 atom stereocenters.